The number of anilines is 2. The van der Waals surface area contributed by atoms with Gasteiger partial charge in [-0.3, -0.25) is 9.59 Å². The second-order valence-corrected chi connectivity index (χ2v) is 7.29. The molecule has 2 aliphatic rings. The molecular weight excluding hydrogens is 370 g/mol. The fourth-order valence-corrected chi connectivity index (χ4v) is 3.56. The Kier molecular flexibility index (Phi) is 6.00. The summed E-state index contributed by atoms with van der Waals surface area (Å²) in [6.07, 6.45) is 2.67. The summed E-state index contributed by atoms with van der Waals surface area (Å²) >= 11 is 0. The lowest BCUT2D eigenvalue weighted by molar-refractivity contribution is -0.134. The van der Waals surface area contributed by atoms with Gasteiger partial charge in [0.05, 0.1) is 19.6 Å². The first-order valence-electron chi connectivity index (χ1n) is 10.0. The van der Waals surface area contributed by atoms with Crippen molar-refractivity contribution in [1.29, 1.82) is 0 Å². The van der Waals surface area contributed by atoms with Gasteiger partial charge in [-0.2, -0.15) is 0 Å². The third kappa shape index (κ3) is 4.89. The lowest BCUT2D eigenvalue weighted by Gasteiger charge is -2.26. The molecule has 0 spiro atoms. The molecular formula is C21H25N5O3. The van der Waals surface area contributed by atoms with Crippen LogP contribution in [-0.2, 0) is 16.0 Å². The molecule has 0 aliphatic carbocycles. The first-order valence-corrected chi connectivity index (χ1v) is 10.0. The van der Waals surface area contributed by atoms with Crippen molar-refractivity contribution in [3.8, 4) is 0 Å². The number of morpholine rings is 1. The van der Waals surface area contributed by atoms with E-state index in [2.05, 4.69) is 20.4 Å². The first-order chi connectivity index (χ1) is 14.2. The summed E-state index contributed by atoms with van der Waals surface area (Å²) in [5.74, 6) is 0.606. The minimum absolute atomic E-state index is 0.0958. The highest BCUT2D eigenvalue weighted by Crippen LogP contribution is 2.17. The lowest BCUT2D eigenvalue weighted by Crippen LogP contribution is -2.41. The van der Waals surface area contributed by atoms with Crippen molar-refractivity contribution in [2.75, 3.05) is 49.6 Å². The average Bonchev–Trinajstić information content (AvgIpc) is 3.31. The Morgan fingerprint density at radius 1 is 0.931 bits per heavy atom. The first kappa shape index (κ1) is 19.3. The molecule has 0 saturated carbocycles. The fraction of sp³-hybridized carbons (Fsp3) is 0.429. The summed E-state index contributed by atoms with van der Waals surface area (Å²) in [6, 6.07) is 10.9. The molecule has 1 N–H and O–H groups in total. The van der Waals surface area contributed by atoms with Gasteiger partial charge in [-0.05, 0) is 42.7 Å². The summed E-state index contributed by atoms with van der Waals surface area (Å²) in [5, 5.41) is 11.1. The number of hydrogen-bond donors (Lipinski definition) is 1. The Morgan fingerprint density at radius 3 is 2.31 bits per heavy atom. The molecule has 1 aromatic heterocycles. The minimum Gasteiger partial charge on any atom is -0.378 e. The molecule has 4 rings (SSSR count). The highest BCUT2D eigenvalue weighted by Gasteiger charge is 2.17. The highest BCUT2D eigenvalue weighted by molar-refractivity contribution is 6.02. The van der Waals surface area contributed by atoms with E-state index in [4.69, 9.17) is 4.74 Å². The number of rotatable bonds is 5. The van der Waals surface area contributed by atoms with E-state index in [1.165, 1.54) is 0 Å². The fourth-order valence-electron chi connectivity index (χ4n) is 3.56. The van der Waals surface area contributed by atoms with E-state index in [1.54, 1.807) is 18.2 Å². The molecule has 2 aliphatic heterocycles. The van der Waals surface area contributed by atoms with Crippen LogP contribution in [0, 0.1) is 0 Å². The molecule has 2 aromatic rings. The number of hydrogen-bond acceptors (Lipinski definition) is 6. The predicted octanol–water partition coefficient (Wildman–Crippen LogP) is 1.73. The zero-order valence-electron chi connectivity index (χ0n) is 16.3. The van der Waals surface area contributed by atoms with Gasteiger partial charge in [0.25, 0.3) is 5.91 Å². The van der Waals surface area contributed by atoms with E-state index in [0.717, 1.165) is 37.3 Å². The van der Waals surface area contributed by atoms with E-state index >= 15 is 0 Å². The average molecular weight is 395 g/mol. The topological polar surface area (TPSA) is 87.7 Å². The molecule has 0 bridgehead atoms. The van der Waals surface area contributed by atoms with Crippen molar-refractivity contribution in [2.45, 2.75) is 19.3 Å². The third-order valence-corrected chi connectivity index (χ3v) is 5.24. The van der Waals surface area contributed by atoms with Gasteiger partial charge < -0.3 is 19.9 Å². The number of nitrogens with one attached hydrogen (secondary N) is 1. The number of ether oxygens (including phenoxy) is 1. The maximum atomic E-state index is 12.4. The van der Waals surface area contributed by atoms with Crippen LogP contribution in [0.4, 0.5) is 11.5 Å². The highest BCUT2D eigenvalue weighted by atomic mass is 16.5. The van der Waals surface area contributed by atoms with Gasteiger partial charge in [0.15, 0.2) is 11.5 Å². The Labute approximate surface area is 169 Å². The third-order valence-electron chi connectivity index (χ3n) is 5.24. The molecule has 152 valence electrons. The maximum Gasteiger partial charge on any atom is 0.276 e. The Bertz CT molecular complexity index is 842. The van der Waals surface area contributed by atoms with Gasteiger partial charge in [-0.25, -0.2) is 0 Å². The lowest BCUT2D eigenvalue weighted by atomic mass is 10.1. The second-order valence-electron chi connectivity index (χ2n) is 7.29. The molecule has 8 nitrogen and oxygen atoms in total. The normalized spacial score (nSPS) is 16.7. The molecule has 3 heterocycles. The Morgan fingerprint density at radius 2 is 1.66 bits per heavy atom. The number of aromatic nitrogens is 2. The van der Waals surface area contributed by atoms with Crippen molar-refractivity contribution in [1.82, 2.24) is 15.1 Å². The SMILES string of the molecule is O=C(Nc1ccc(CC(=O)N2CCOCC2)cc1)c1ccc(N2CCCC2)nn1. The van der Waals surface area contributed by atoms with Crippen LogP contribution in [0.25, 0.3) is 0 Å². The van der Waals surface area contributed by atoms with Crippen LogP contribution in [0.3, 0.4) is 0 Å². The summed E-state index contributed by atoms with van der Waals surface area (Å²) in [6.45, 7) is 4.45. The van der Waals surface area contributed by atoms with E-state index < -0.39 is 0 Å². The molecule has 0 unspecified atom stereocenters. The van der Waals surface area contributed by atoms with Crippen molar-refractivity contribution in [3.63, 3.8) is 0 Å². The summed E-state index contributed by atoms with van der Waals surface area (Å²) in [7, 11) is 0. The van der Waals surface area contributed by atoms with Gasteiger partial charge in [-0.1, -0.05) is 12.1 Å². The summed E-state index contributed by atoms with van der Waals surface area (Å²) in [5.41, 5.74) is 1.84. The molecule has 2 fully saturated rings. The van der Waals surface area contributed by atoms with Gasteiger partial charge in [0.1, 0.15) is 0 Å². The zero-order chi connectivity index (χ0) is 20.1. The van der Waals surface area contributed by atoms with Gasteiger partial charge >= 0.3 is 0 Å². The van der Waals surface area contributed by atoms with Gasteiger partial charge in [0, 0.05) is 31.9 Å². The van der Waals surface area contributed by atoms with Crippen molar-refractivity contribution < 1.29 is 14.3 Å². The Balaban J connectivity index is 1.32. The molecule has 1 aromatic carbocycles. The quantitative estimate of drug-likeness (QED) is 0.830. The number of benzene rings is 1. The molecule has 29 heavy (non-hydrogen) atoms. The number of amides is 2. The zero-order valence-corrected chi connectivity index (χ0v) is 16.3. The molecule has 2 amide bonds. The van der Waals surface area contributed by atoms with E-state index in [9.17, 15) is 9.59 Å². The number of carbonyl (C=O) groups is 2. The molecule has 0 atom stereocenters. The smallest absolute Gasteiger partial charge is 0.276 e. The van der Waals surface area contributed by atoms with Gasteiger partial charge in [-0.15, -0.1) is 10.2 Å². The van der Waals surface area contributed by atoms with Crippen molar-refractivity contribution in [3.05, 3.63) is 47.7 Å². The maximum absolute atomic E-state index is 12.4. The Hall–Kier alpha value is -3.00. The van der Waals surface area contributed by atoms with Crippen molar-refractivity contribution >= 4 is 23.3 Å². The molecule has 2 saturated heterocycles. The molecule has 0 radical (unpaired) electrons. The second kappa shape index (κ2) is 9.00. The van der Waals surface area contributed by atoms with Crippen LogP contribution < -0.4 is 10.2 Å². The van der Waals surface area contributed by atoms with E-state index in [-0.39, 0.29) is 17.5 Å². The largest absolute Gasteiger partial charge is 0.378 e. The van der Waals surface area contributed by atoms with Crippen LogP contribution in [0.1, 0.15) is 28.9 Å². The summed E-state index contributed by atoms with van der Waals surface area (Å²) < 4.78 is 5.28. The number of carbonyl (C=O) groups excluding carboxylic acids is 2. The molecule has 8 heteroatoms. The van der Waals surface area contributed by atoms with Crippen LogP contribution in [0.15, 0.2) is 36.4 Å². The van der Waals surface area contributed by atoms with Gasteiger partial charge in [0.2, 0.25) is 5.91 Å². The van der Waals surface area contributed by atoms with E-state index in [1.807, 2.05) is 23.1 Å². The van der Waals surface area contributed by atoms with Crippen LogP contribution >= 0.6 is 0 Å². The number of nitrogens with zero attached hydrogens (tertiary/aromatic N) is 4. The monoisotopic (exact) mass is 395 g/mol. The van der Waals surface area contributed by atoms with Crippen LogP contribution in [0.5, 0.6) is 0 Å². The van der Waals surface area contributed by atoms with Crippen LogP contribution in [0.2, 0.25) is 0 Å². The van der Waals surface area contributed by atoms with E-state index in [0.29, 0.717) is 38.4 Å². The van der Waals surface area contributed by atoms with Crippen molar-refractivity contribution in [2.24, 2.45) is 0 Å². The standard InChI is InChI=1S/C21H25N5O3/c27-20(26-11-13-29-14-12-26)15-16-3-5-17(6-4-16)22-21(28)18-7-8-19(24-23-18)25-9-1-2-10-25/h3-8H,1-2,9-15H2,(H,22,28). The van der Waals surface area contributed by atoms with Crippen LogP contribution in [-0.4, -0.2) is 66.3 Å². The minimum atomic E-state index is -0.303. The predicted molar refractivity (Wildman–Crippen MR) is 109 cm³/mol. The summed E-state index contributed by atoms with van der Waals surface area (Å²) in [4.78, 5) is 28.7.